The first-order valence-electron chi connectivity index (χ1n) is 4.47. The highest BCUT2D eigenvalue weighted by molar-refractivity contribution is 5.53. The van der Waals surface area contributed by atoms with Crippen LogP contribution >= 0.6 is 0 Å². The van der Waals surface area contributed by atoms with Crippen molar-refractivity contribution in [2.24, 2.45) is 0 Å². The normalized spacial score (nSPS) is 11.0. The van der Waals surface area contributed by atoms with Gasteiger partial charge in [-0.1, -0.05) is 12.6 Å². The number of alkyl halides is 3. The minimum absolute atomic E-state index is 0.204. The molecule has 1 aromatic heterocycles. The number of pyridine rings is 1. The molecule has 1 heterocycles. The van der Waals surface area contributed by atoms with Crippen LogP contribution in [0.1, 0.15) is 12.6 Å². The van der Waals surface area contributed by atoms with Gasteiger partial charge in [-0.15, -0.1) is 13.2 Å². The highest BCUT2D eigenvalue weighted by atomic mass is 19.4. The number of hydrogen-bond acceptors (Lipinski definition) is 3. The summed E-state index contributed by atoms with van der Waals surface area (Å²) in [5.74, 6) is -0.332. The van der Waals surface area contributed by atoms with Crippen molar-refractivity contribution in [3.63, 3.8) is 0 Å². The van der Waals surface area contributed by atoms with Gasteiger partial charge >= 0.3 is 6.36 Å². The molecule has 0 aliphatic rings. The molecule has 88 valence electrons. The van der Waals surface area contributed by atoms with Crippen molar-refractivity contribution < 1.29 is 22.6 Å². The van der Waals surface area contributed by atoms with E-state index in [4.69, 9.17) is 4.74 Å². The largest absolute Gasteiger partial charge is 0.574 e. The van der Waals surface area contributed by atoms with Gasteiger partial charge in [-0.05, 0) is 13.0 Å². The van der Waals surface area contributed by atoms with E-state index in [-0.39, 0.29) is 11.5 Å². The summed E-state index contributed by atoms with van der Waals surface area (Å²) in [6.45, 7) is 5.63. The Bertz CT molecular complexity index is 377. The highest BCUT2D eigenvalue weighted by Gasteiger charge is 2.31. The Balaban J connectivity index is 2.83. The fourth-order valence-corrected chi connectivity index (χ4v) is 0.994. The topological polar surface area (TPSA) is 31.4 Å². The molecule has 0 N–H and O–H groups in total. The molecule has 0 fully saturated rings. The molecular formula is C10H10F3NO2. The zero-order valence-electron chi connectivity index (χ0n) is 8.54. The van der Waals surface area contributed by atoms with E-state index in [1.165, 1.54) is 12.1 Å². The second-order valence-electron chi connectivity index (χ2n) is 2.77. The van der Waals surface area contributed by atoms with Crippen molar-refractivity contribution in [3.8, 4) is 5.88 Å². The van der Waals surface area contributed by atoms with Gasteiger partial charge in [0.2, 0.25) is 5.88 Å². The van der Waals surface area contributed by atoms with E-state index in [9.17, 15) is 13.2 Å². The smallest absolute Gasteiger partial charge is 0.492 e. The molecule has 16 heavy (non-hydrogen) atoms. The van der Waals surface area contributed by atoms with E-state index in [1.807, 2.05) is 0 Å². The van der Waals surface area contributed by atoms with Gasteiger partial charge < -0.3 is 9.47 Å². The molecule has 0 atom stereocenters. The maximum absolute atomic E-state index is 11.9. The van der Waals surface area contributed by atoms with Crippen LogP contribution < -0.4 is 4.74 Å². The van der Waals surface area contributed by atoms with Gasteiger partial charge in [0.15, 0.2) is 0 Å². The first-order chi connectivity index (χ1) is 7.42. The molecule has 0 unspecified atom stereocenters. The van der Waals surface area contributed by atoms with Crippen LogP contribution in [-0.2, 0) is 4.74 Å². The van der Waals surface area contributed by atoms with E-state index in [0.717, 1.165) is 6.07 Å². The lowest BCUT2D eigenvalue weighted by molar-refractivity contribution is -0.276. The molecule has 0 aromatic carbocycles. The fraction of sp³-hybridized carbons (Fsp3) is 0.300. The van der Waals surface area contributed by atoms with Crippen molar-refractivity contribution in [1.82, 2.24) is 4.98 Å². The van der Waals surface area contributed by atoms with Crippen molar-refractivity contribution in [1.29, 1.82) is 0 Å². The van der Waals surface area contributed by atoms with E-state index >= 15 is 0 Å². The van der Waals surface area contributed by atoms with Crippen LogP contribution in [0.2, 0.25) is 0 Å². The first kappa shape index (κ1) is 12.4. The lowest BCUT2D eigenvalue weighted by Gasteiger charge is -2.10. The van der Waals surface area contributed by atoms with Crippen molar-refractivity contribution in [2.45, 2.75) is 13.3 Å². The maximum Gasteiger partial charge on any atom is 0.574 e. The summed E-state index contributed by atoms with van der Waals surface area (Å²) < 4.78 is 44.4. The quantitative estimate of drug-likeness (QED) is 0.749. The van der Waals surface area contributed by atoms with Crippen molar-refractivity contribution in [2.75, 3.05) is 6.61 Å². The van der Waals surface area contributed by atoms with E-state index in [1.54, 1.807) is 6.92 Å². The van der Waals surface area contributed by atoms with Crippen LogP contribution in [0.15, 0.2) is 24.8 Å². The molecule has 1 aromatic rings. The molecular weight excluding hydrogens is 223 g/mol. The number of halogens is 3. The summed E-state index contributed by atoms with van der Waals surface area (Å²) >= 11 is 0. The Morgan fingerprint density at radius 3 is 2.69 bits per heavy atom. The van der Waals surface area contributed by atoms with Gasteiger partial charge in [-0.3, -0.25) is 0 Å². The summed E-state index contributed by atoms with van der Waals surface area (Å²) in [5, 5.41) is 0. The summed E-state index contributed by atoms with van der Waals surface area (Å²) in [6.07, 6.45) is -4.75. The summed E-state index contributed by atoms with van der Waals surface area (Å²) in [7, 11) is 0. The average Bonchev–Trinajstić information content (AvgIpc) is 2.16. The third-order valence-electron chi connectivity index (χ3n) is 1.55. The van der Waals surface area contributed by atoms with Crippen LogP contribution in [0.25, 0.3) is 5.76 Å². The summed E-state index contributed by atoms with van der Waals surface area (Å²) in [5.41, 5.74) is 0.212. The van der Waals surface area contributed by atoms with Crippen LogP contribution in [-0.4, -0.2) is 18.0 Å². The van der Waals surface area contributed by atoms with Gasteiger partial charge in [0.25, 0.3) is 0 Å². The molecule has 0 saturated carbocycles. The highest BCUT2D eigenvalue weighted by Crippen LogP contribution is 2.22. The van der Waals surface area contributed by atoms with Crippen molar-refractivity contribution in [3.05, 3.63) is 30.5 Å². The molecule has 1 rings (SSSR count). The number of ether oxygens (including phenoxy) is 2. The molecule has 3 nitrogen and oxygen atoms in total. The standard InChI is InChI=1S/C10H10F3NO2/c1-3-15-7(2)8-5-4-6-9(14-8)16-10(11,12)13/h4-6H,2-3H2,1H3. The molecule has 0 amide bonds. The third-order valence-corrected chi connectivity index (χ3v) is 1.55. The van der Waals surface area contributed by atoms with Crippen LogP contribution in [0.4, 0.5) is 13.2 Å². The van der Waals surface area contributed by atoms with Gasteiger partial charge in [0.1, 0.15) is 11.5 Å². The van der Waals surface area contributed by atoms with E-state index in [0.29, 0.717) is 6.61 Å². The SMILES string of the molecule is C=C(OCC)c1cccc(OC(F)(F)F)n1. The predicted octanol–water partition coefficient (Wildman–Crippen LogP) is 2.99. The minimum atomic E-state index is -4.75. The monoisotopic (exact) mass is 233 g/mol. The number of aromatic nitrogens is 1. The van der Waals surface area contributed by atoms with Gasteiger partial charge in [0, 0.05) is 6.07 Å². The number of hydrogen-bond donors (Lipinski definition) is 0. The zero-order chi connectivity index (χ0) is 12.2. The minimum Gasteiger partial charge on any atom is -0.492 e. The average molecular weight is 233 g/mol. The predicted molar refractivity (Wildman–Crippen MR) is 51.6 cm³/mol. The van der Waals surface area contributed by atoms with Crippen LogP contribution in [0.3, 0.4) is 0 Å². The molecule has 0 aliphatic heterocycles. The van der Waals surface area contributed by atoms with E-state index in [2.05, 4.69) is 16.3 Å². The van der Waals surface area contributed by atoms with Crippen molar-refractivity contribution >= 4 is 5.76 Å². The molecule has 0 bridgehead atoms. The Morgan fingerprint density at radius 2 is 2.12 bits per heavy atom. The maximum atomic E-state index is 11.9. The van der Waals surface area contributed by atoms with Gasteiger partial charge in [-0.2, -0.15) is 0 Å². The van der Waals surface area contributed by atoms with Crippen LogP contribution in [0, 0.1) is 0 Å². The molecule has 0 saturated heterocycles. The Labute approximate surface area is 90.5 Å². The summed E-state index contributed by atoms with van der Waals surface area (Å²) in [4.78, 5) is 3.61. The van der Waals surface area contributed by atoms with Gasteiger partial charge in [-0.25, -0.2) is 4.98 Å². The molecule has 0 spiro atoms. The molecule has 0 radical (unpaired) electrons. The molecule has 0 aliphatic carbocycles. The number of rotatable bonds is 4. The Hall–Kier alpha value is -1.72. The van der Waals surface area contributed by atoms with Crippen LogP contribution in [0.5, 0.6) is 5.88 Å². The Morgan fingerprint density at radius 1 is 1.44 bits per heavy atom. The zero-order valence-corrected chi connectivity index (χ0v) is 8.54. The van der Waals surface area contributed by atoms with E-state index < -0.39 is 12.2 Å². The van der Waals surface area contributed by atoms with Gasteiger partial charge in [0.05, 0.1) is 6.61 Å². The lowest BCUT2D eigenvalue weighted by atomic mass is 10.3. The second-order valence-corrected chi connectivity index (χ2v) is 2.77. The summed E-state index contributed by atoms with van der Waals surface area (Å²) in [6, 6.07) is 3.98. The lowest BCUT2D eigenvalue weighted by Crippen LogP contribution is -2.18. The fourth-order valence-electron chi connectivity index (χ4n) is 0.994. The third kappa shape index (κ3) is 3.80. The molecule has 6 heteroatoms. The second kappa shape index (κ2) is 4.87. The number of nitrogens with zero attached hydrogens (tertiary/aromatic N) is 1. The first-order valence-corrected chi connectivity index (χ1v) is 4.47. The Kier molecular flexibility index (Phi) is 3.76.